The van der Waals surface area contributed by atoms with Gasteiger partial charge < -0.3 is 10.4 Å². The predicted octanol–water partition coefficient (Wildman–Crippen LogP) is 1.36. The number of aryl methyl sites for hydroxylation is 1. The smallest absolute Gasteiger partial charge is 0.505 e. The molecule has 0 aliphatic heterocycles. The molecule has 1 heterocycles. The van der Waals surface area contributed by atoms with Crippen molar-refractivity contribution >= 4 is 75.3 Å². The van der Waals surface area contributed by atoms with Gasteiger partial charge in [-0.05, 0) is 42.6 Å². The third kappa shape index (κ3) is 7.19. The second-order valence-electron chi connectivity index (χ2n) is 8.28. The molecule has 14 nitrogen and oxygen atoms in total. The zero-order valence-electron chi connectivity index (χ0n) is 21.3. The molecular weight excluding hydrogens is 633 g/mol. The van der Waals surface area contributed by atoms with Crippen molar-refractivity contribution < 1.29 is 69.0 Å². The third-order valence-electron chi connectivity index (χ3n) is 5.30. The van der Waals surface area contributed by atoms with Crippen molar-refractivity contribution in [1.29, 1.82) is 0 Å². The van der Waals surface area contributed by atoms with Crippen LogP contribution in [-0.2, 0) is 30.1 Å². The number of nitrogens with zero attached hydrogens (tertiary/aromatic N) is 4. The first-order valence-electron chi connectivity index (χ1n) is 10.7. The monoisotopic (exact) mass is 650 g/mol. The first-order valence-corrected chi connectivity index (χ1v) is 15.9. The zero-order chi connectivity index (χ0) is 29.6. The van der Waals surface area contributed by atoms with Gasteiger partial charge in [-0.2, -0.15) is 26.9 Å². The molecule has 0 saturated carbocycles. The summed E-state index contributed by atoms with van der Waals surface area (Å²) in [6, 6.07) is 10.5. The van der Waals surface area contributed by atoms with Crippen LogP contribution in [0.2, 0.25) is 5.02 Å². The summed E-state index contributed by atoms with van der Waals surface area (Å²) < 4.78 is 92.1. The molecule has 0 aliphatic carbocycles. The average molecular weight is 651 g/mol. The molecule has 0 bridgehead atoms. The first-order chi connectivity index (χ1) is 18.5. The molecule has 41 heavy (non-hydrogen) atoms. The van der Waals surface area contributed by atoms with Crippen molar-refractivity contribution in [2.75, 3.05) is 11.6 Å². The number of phenols is 1. The molecule has 0 saturated heterocycles. The standard InChI is InChI=1S/C22H18ClN5O9S3.Na/c1-11-18(23)21(26-22(24-11)38(2,30)31)25-15-10-14(39(32,33)34)8-12-9-16(40(35,36)37)19(20(29)17(12)15)28-27-13-6-4-3-5-7-13;/h3-10,29H,1-2H3,(H,24,25,26)(H,32,33,34)(H,35,36,37);/q;+1. The van der Waals surface area contributed by atoms with Crippen molar-refractivity contribution in [2.45, 2.75) is 21.9 Å². The minimum absolute atomic E-state index is 0. The summed E-state index contributed by atoms with van der Waals surface area (Å²) in [5.74, 6) is -1.20. The van der Waals surface area contributed by atoms with Gasteiger partial charge in [-0.1, -0.05) is 29.8 Å². The number of fused-ring (bicyclic) bond motifs is 1. The molecule has 0 aliphatic rings. The number of sulfone groups is 1. The maximum absolute atomic E-state index is 12.2. The van der Waals surface area contributed by atoms with Gasteiger partial charge in [0, 0.05) is 11.6 Å². The minimum Gasteiger partial charge on any atom is -0.505 e. The van der Waals surface area contributed by atoms with Gasteiger partial charge >= 0.3 is 29.6 Å². The number of rotatable bonds is 7. The second-order valence-corrected chi connectivity index (χ2v) is 13.4. The molecule has 4 aromatic rings. The number of phenolic OH excluding ortho intramolecular Hbond substituents is 1. The zero-order valence-corrected chi connectivity index (χ0v) is 26.5. The Bertz CT molecular complexity index is 2040. The van der Waals surface area contributed by atoms with Crippen LogP contribution in [0, 0.1) is 6.92 Å². The Kier molecular flexibility index (Phi) is 9.48. The Morgan fingerprint density at radius 1 is 0.902 bits per heavy atom. The summed E-state index contributed by atoms with van der Waals surface area (Å²) in [5, 5.41) is 20.1. The fourth-order valence-electron chi connectivity index (χ4n) is 3.51. The van der Waals surface area contributed by atoms with Crippen LogP contribution in [0.4, 0.5) is 22.9 Å². The van der Waals surface area contributed by atoms with Crippen molar-refractivity contribution in [3.63, 3.8) is 0 Å². The van der Waals surface area contributed by atoms with E-state index in [1.165, 1.54) is 19.1 Å². The van der Waals surface area contributed by atoms with E-state index >= 15 is 0 Å². The fraction of sp³-hybridized carbons (Fsp3) is 0.0909. The number of aromatic nitrogens is 2. The van der Waals surface area contributed by atoms with Crippen molar-refractivity contribution in [1.82, 2.24) is 9.97 Å². The summed E-state index contributed by atoms with van der Waals surface area (Å²) in [6.07, 6.45) is 0.848. The van der Waals surface area contributed by atoms with E-state index < -0.39 is 56.5 Å². The van der Waals surface area contributed by atoms with Gasteiger partial charge in [-0.15, -0.1) is 5.11 Å². The summed E-state index contributed by atoms with van der Waals surface area (Å²) in [4.78, 5) is 6.00. The fourth-order valence-corrected chi connectivity index (χ4v) is 5.40. The Morgan fingerprint density at radius 3 is 2.10 bits per heavy atom. The molecular formula is C22H18ClN5NaO9S3+. The van der Waals surface area contributed by atoms with E-state index in [-0.39, 0.29) is 68.2 Å². The molecule has 0 spiro atoms. The van der Waals surface area contributed by atoms with Gasteiger partial charge in [0.2, 0.25) is 15.0 Å². The van der Waals surface area contributed by atoms with Crippen LogP contribution in [0.25, 0.3) is 10.8 Å². The molecule has 0 fully saturated rings. The van der Waals surface area contributed by atoms with Crippen LogP contribution in [0.3, 0.4) is 0 Å². The van der Waals surface area contributed by atoms with Gasteiger partial charge in [-0.3, -0.25) is 9.11 Å². The minimum atomic E-state index is -5.06. The van der Waals surface area contributed by atoms with Gasteiger partial charge in [0.05, 0.1) is 22.0 Å². The van der Waals surface area contributed by atoms with Crippen molar-refractivity contribution in [3.8, 4) is 5.75 Å². The van der Waals surface area contributed by atoms with Gasteiger partial charge in [0.25, 0.3) is 20.2 Å². The van der Waals surface area contributed by atoms with Crippen LogP contribution in [0.5, 0.6) is 5.75 Å². The number of benzene rings is 3. The first kappa shape index (κ1) is 32.8. The van der Waals surface area contributed by atoms with Crippen LogP contribution >= 0.6 is 11.6 Å². The molecule has 0 atom stereocenters. The molecule has 0 amide bonds. The quantitative estimate of drug-likeness (QED) is 0.0962. The molecule has 210 valence electrons. The Hall–Kier alpha value is -2.74. The van der Waals surface area contributed by atoms with Crippen LogP contribution in [0.1, 0.15) is 5.69 Å². The number of anilines is 2. The van der Waals surface area contributed by atoms with Crippen LogP contribution in [0.15, 0.2) is 73.7 Å². The maximum atomic E-state index is 12.2. The molecule has 0 radical (unpaired) electrons. The largest absolute Gasteiger partial charge is 1.00 e. The van der Waals surface area contributed by atoms with E-state index in [4.69, 9.17) is 11.6 Å². The number of aromatic hydroxyl groups is 1. The molecule has 4 N–H and O–H groups in total. The van der Waals surface area contributed by atoms with Gasteiger partial charge in [-0.25, -0.2) is 13.4 Å². The number of hydrogen-bond acceptors (Lipinski definition) is 12. The maximum Gasteiger partial charge on any atom is 1.00 e. The molecule has 1 aromatic heterocycles. The van der Waals surface area contributed by atoms with E-state index in [0.29, 0.717) is 0 Å². The van der Waals surface area contributed by atoms with Crippen LogP contribution < -0.4 is 34.9 Å². The third-order valence-corrected chi connectivity index (χ3v) is 8.30. The predicted molar refractivity (Wildman–Crippen MR) is 144 cm³/mol. The van der Waals surface area contributed by atoms with E-state index in [1.807, 2.05) is 0 Å². The number of nitrogens with one attached hydrogen (secondary N) is 1. The summed E-state index contributed by atoms with van der Waals surface area (Å²) >= 11 is 6.26. The number of halogens is 1. The summed E-state index contributed by atoms with van der Waals surface area (Å²) in [5.41, 5.74) is -0.728. The Labute approximate surface area is 261 Å². The normalized spacial score (nSPS) is 12.4. The summed E-state index contributed by atoms with van der Waals surface area (Å²) in [7, 11) is -13.9. The number of hydrogen-bond donors (Lipinski definition) is 4. The average Bonchev–Trinajstić information content (AvgIpc) is 2.84. The van der Waals surface area contributed by atoms with E-state index in [9.17, 15) is 39.5 Å². The van der Waals surface area contributed by atoms with E-state index in [0.717, 1.165) is 24.5 Å². The van der Waals surface area contributed by atoms with Gasteiger partial charge in [0.1, 0.15) is 15.6 Å². The van der Waals surface area contributed by atoms with Crippen molar-refractivity contribution in [2.24, 2.45) is 10.2 Å². The molecule has 0 unspecified atom stereocenters. The summed E-state index contributed by atoms with van der Waals surface area (Å²) in [6.45, 7) is 1.38. The Balaban J connectivity index is 0.00000462. The van der Waals surface area contributed by atoms with Gasteiger partial charge in [0.15, 0.2) is 11.6 Å². The SMILES string of the molecule is Cc1nc(S(C)(=O)=O)nc(Nc2cc(S(=O)(=O)O)cc3cc(S(=O)(=O)O)c(N=Nc4ccccc4)c(O)c23)c1Cl.[Na+]. The van der Waals surface area contributed by atoms with E-state index in [2.05, 4.69) is 25.5 Å². The van der Waals surface area contributed by atoms with Crippen molar-refractivity contribution in [3.05, 3.63) is 59.2 Å². The number of azo groups is 1. The van der Waals surface area contributed by atoms with Crippen LogP contribution in [-0.4, -0.2) is 55.7 Å². The Morgan fingerprint density at radius 2 is 1.54 bits per heavy atom. The molecule has 19 heteroatoms. The molecule has 4 rings (SSSR count). The second kappa shape index (κ2) is 11.9. The molecule has 3 aromatic carbocycles. The van der Waals surface area contributed by atoms with E-state index in [1.54, 1.807) is 18.2 Å². The topological polar surface area (TPSA) is 226 Å².